The molecule has 5 rings (SSSR count). The third-order valence-electron chi connectivity index (χ3n) is 5.57. The Morgan fingerprint density at radius 1 is 1.07 bits per heavy atom. The number of rotatable bonds is 2. The average Bonchev–Trinajstić information content (AvgIpc) is 3.29. The van der Waals surface area contributed by atoms with Crippen molar-refractivity contribution >= 4 is 27.9 Å². The minimum atomic E-state index is 0.114. The van der Waals surface area contributed by atoms with E-state index >= 15 is 0 Å². The van der Waals surface area contributed by atoms with Gasteiger partial charge >= 0.3 is 0 Å². The molecule has 1 amide bonds. The van der Waals surface area contributed by atoms with E-state index in [1.54, 1.807) is 0 Å². The van der Waals surface area contributed by atoms with Gasteiger partial charge in [-0.3, -0.25) is 4.79 Å². The molecule has 0 bridgehead atoms. The quantitative estimate of drug-likeness (QED) is 0.535. The number of para-hydroxylation sites is 3. The molecule has 5 heteroatoms. The Morgan fingerprint density at radius 2 is 1.81 bits per heavy atom. The molecule has 1 aliphatic rings. The van der Waals surface area contributed by atoms with Crippen LogP contribution < -0.4 is 0 Å². The van der Waals surface area contributed by atoms with Crippen LogP contribution in [0.15, 0.2) is 59.1 Å². The Balaban J connectivity index is 1.34. The zero-order chi connectivity index (χ0) is 18.4. The van der Waals surface area contributed by atoms with Gasteiger partial charge < -0.3 is 13.9 Å². The van der Waals surface area contributed by atoms with Crippen LogP contribution in [0, 0.1) is 0 Å². The molecule has 0 unspecified atom stereocenters. The number of amides is 1. The molecule has 1 aliphatic heterocycles. The first-order chi connectivity index (χ1) is 13.2. The van der Waals surface area contributed by atoms with Crippen molar-refractivity contribution in [1.29, 1.82) is 0 Å². The van der Waals surface area contributed by atoms with Crippen molar-refractivity contribution in [2.75, 3.05) is 13.1 Å². The summed E-state index contributed by atoms with van der Waals surface area (Å²) in [6.07, 6.45) is 3.70. The number of oxazole rings is 1. The summed E-state index contributed by atoms with van der Waals surface area (Å²) < 4.78 is 7.95. The molecule has 1 saturated heterocycles. The number of benzene rings is 2. The van der Waals surface area contributed by atoms with E-state index in [1.807, 2.05) is 71.2 Å². The first kappa shape index (κ1) is 16.1. The van der Waals surface area contributed by atoms with Gasteiger partial charge in [0.15, 0.2) is 11.5 Å². The molecule has 4 aromatic rings. The predicted octanol–water partition coefficient (Wildman–Crippen LogP) is 4.34. The lowest BCUT2D eigenvalue weighted by Crippen LogP contribution is -2.37. The lowest BCUT2D eigenvalue weighted by atomic mass is 9.96. The summed E-state index contributed by atoms with van der Waals surface area (Å²) in [4.78, 5) is 19.7. The van der Waals surface area contributed by atoms with Crippen molar-refractivity contribution < 1.29 is 9.21 Å². The lowest BCUT2D eigenvalue weighted by Gasteiger charge is -2.30. The second kappa shape index (κ2) is 6.27. The molecule has 136 valence electrons. The molecule has 0 aliphatic carbocycles. The molecule has 1 fully saturated rings. The number of aryl methyl sites for hydroxylation is 1. The van der Waals surface area contributed by atoms with Crippen molar-refractivity contribution in [3.8, 4) is 0 Å². The number of piperidine rings is 1. The topological polar surface area (TPSA) is 51.3 Å². The van der Waals surface area contributed by atoms with Gasteiger partial charge in [-0.15, -0.1) is 0 Å². The van der Waals surface area contributed by atoms with E-state index in [9.17, 15) is 4.79 Å². The van der Waals surface area contributed by atoms with Crippen molar-refractivity contribution in [3.05, 3.63) is 66.2 Å². The van der Waals surface area contributed by atoms with Crippen LogP contribution in [0.1, 0.15) is 35.0 Å². The summed E-state index contributed by atoms with van der Waals surface area (Å²) in [5, 5.41) is 1.02. The third kappa shape index (κ3) is 2.70. The lowest BCUT2D eigenvalue weighted by molar-refractivity contribution is 0.0708. The number of hydrogen-bond acceptors (Lipinski definition) is 3. The summed E-state index contributed by atoms with van der Waals surface area (Å²) in [5.74, 6) is 1.19. The van der Waals surface area contributed by atoms with Gasteiger partial charge in [-0.1, -0.05) is 30.3 Å². The minimum Gasteiger partial charge on any atom is -0.440 e. The normalized spacial score (nSPS) is 15.7. The highest BCUT2D eigenvalue weighted by atomic mass is 16.3. The van der Waals surface area contributed by atoms with Crippen LogP contribution in [0.3, 0.4) is 0 Å². The van der Waals surface area contributed by atoms with Gasteiger partial charge in [0.05, 0.1) is 5.56 Å². The third-order valence-corrected chi connectivity index (χ3v) is 5.57. The maximum Gasteiger partial charge on any atom is 0.256 e. The van der Waals surface area contributed by atoms with E-state index in [-0.39, 0.29) is 11.8 Å². The van der Waals surface area contributed by atoms with Crippen molar-refractivity contribution in [2.45, 2.75) is 18.8 Å². The number of nitrogens with zero attached hydrogens (tertiary/aromatic N) is 3. The highest BCUT2D eigenvalue weighted by Crippen LogP contribution is 2.31. The van der Waals surface area contributed by atoms with Crippen LogP contribution in [0.2, 0.25) is 0 Å². The average molecular weight is 359 g/mol. The van der Waals surface area contributed by atoms with Crippen molar-refractivity contribution in [2.24, 2.45) is 7.05 Å². The van der Waals surface area contributed by atoms with Gasteiger partial charge in [0.25, 0.3) is 5.91 Å². The van der Waals surface area contributed by atoms with Crippen LogP contribution in [-0.4, -0.2) is 33.4 Å². The smallest absolute Gasteiger partial charge is 0.256 e. The van der Waals surface area contributed by atoms with Crippen LogP contribution >= 0.6 is 0 Å². The fourth-order valence-electron chi connectivity index (χ4n) is 4.08. The van der Waals surface area contributed by atoms with E-state index < -0.39 is 0 Å². The van der Waals surface area contributed by atoms with E-state index in [1.165, 1.54) is 0 Å². The minimum absolute atomic E-state index is 0.114. The van der Waals surface area contributed by atoms with Crippen LogP contribution in [0.25, 0.3) is 22.0 Å². The summed E-state index contributed by atoms with van der Waals surface area (Å²) in [6, 6.07) is 15.9. The standard InChI is InChI=1S/C22H21N3O2/c1-24-14-17(16-6-2-4-8-19(16)24)22(26)25-12-10-15(11-13-25)21-23-18-7-3-5-9-20(18)27-21/h2-9,14-15H,10-13H2,1H3. The Bertz CT molecular complexity index is 1100. The maximum absolute atomic E-state index is 13.1. The highest BCUT2D eigenvalue weighted by molar-refractivity contribution is 6.07. The van der Waals surface area contributed by atoms with Crippen LogP contribution in [0.4, 0.5) is 0 Å². The van der Waals surface area contributed by atoms with Crippen LogP contribution in [0.5, 0.6) is 0 Å². The van der Waals surface area contributed by atoms with E-state index in [0.717, 1.165) is 59.4 Å². The fourth-order valence-corrected chi connectivity index (χ4v) is 4.08. The molecular weight excluding hydrogens is 338 g/mol. The first-order valence-corrected chi connectivity index (χ1v) is 9.39. The first-order valence-electron chi connectivity index (χ1n) is 9.39. The summed E-state index contributed by atoms with van der Waals surface area (Å²) in [6.45, 7) is 1.46. The Labute approximate surface area is 157 Å². The zero-order valence-corrected chi connectivity index (χ0v) is 15.3. The molecule has 2 aromatic carbocycles. The molecule has 0 N–H and O–H groups in total. The summed E-state index contributed by atoms with van der Waals surface area (Å²) in [7, 11) is 1.98. The number of carbonyl (C=O) groups is 1. The van der Waals surface area contributed by atoms with Crippen molar-refractivity contribution in [3.63, 3.8) is 0 Å². The number of carbonyl (C=O) groups excluding carboxylic acids is 1. The Kier molecular flexibility index (Phi) is 3.74. The van der Waals surface area contributed by atoms with Crippen LogP contribution in [-0.2, 0) is 7.05 Å². The van der Waals surface area contributed by atoms with E-state index in [2.05, 4.69) is 4.98 Å². The summed E-state index contributed by atoms with van der Waals surface area (Å²) >= 11 is 0. The molecule has 5 nitrogen and oxygen atoms in total. The SMILES string of the molecule is Cn1cc(C(=O)N2CCC(c3nc4ccccc4o3)CC2)c2ccccc21. The zero-order valence-electron chi connectivity index (χ0n) is 15.3. The fraction of sp³-hybridized carbons (Fsp3) is 0.273. The Morgan fingerprint density at radius 3 is 2.63 bits per heavy atom. The number of fused-ring (bicyclic) bond motifs is 2. The molecule has 0 saturated carbocycles. The molecular formula is C22H21N3O2. The largest absolute Gasteiger partial charge is 0.440 e. The van der Waals surface area contributed by atoms with Crippen molar-refractivity contribution in [1.82, 2.24) is 14.5 Å². The van der Waals surface area contributed by atoms with Gasteiger partial charge in [-0.25, -0.2) is 4.98 Å². The van der Waals surface area contributed by atoms with Gasteiger partial charge in [-0.2, -0.15) is 0 Å². The second-order valence-electron chi connectivity index (χ2n) is 7.26. The molecule has 0 radical (unpaired) electrons. The predicted molar refractivity (Wildman–Crippen MR) is 105 cm³/mol. The number of hydrogen-bond donors (Lipinski definition) is 0. The van der Waals surface area contributed by atoms with E-state index in [0.29, 0.717) is 0 Å². The van der Waals surface area contributed by atoms with E-state index in [4.69, 9.17) is 4.42 Å². The monoisotopic (exact) mass is 359 g/mol. The van der Waals surface area contributed by atoms with Gasteiger partial charge in [0.1, 0.15) is 5.52 Å². The number of aromatic nitrogens is 2. The molecule has 2 aromatic heterocycles. The highest BCUT2D eigenvalue weighted by Gasteiger charge is 2.28. The molecule has 27 heavy (non-hydrogen) atoms. The number of likely N-dealkylation sites (tertiary alicyclic amines) is 1. The second-order valence-corrected chi connectivity index (χ2v) is 7.26. The van der Waals surface area contributed by atoms with Gasteiger partial charge in [0.2, 0.25) is 0 Å². The van der Waals surface area contributed by atoms with Gasteiger partial charge in [-0.05, 0) is 31.0 Å². The molecule has 0 spiro atoms. The molecule has 3 heterocycles. The Hall–Kier alpha value is -3.08. The van der Waals surface area contributed by atoms with Gasteiger partial charge in [0, 0.05) is 43.2 Å². The maximum atomic E-state index is 13.1. The molecule has 0 atom stereocenters. The summed E-state index contributed by atoms with van der Waals surface area (Å²) in [5.41, 5.74) is 3.61.